The summed E-state index contributed by atoms with van der Waals surface area (Å²) in [6.45, 7) is 1.47. The maximum absolute atomic E-state index is 15.5. The lowest BCUT2D eigenvalue weighted by molar-refractivity contribution is -0.157. The average Bonchev–Trinajstić information content (AvgIpc) is 3.05. The number of carbonyl (C=O) groups excluding carboxylic acids is 1. The van der Waals surface area contributed by atoms with Crippen molar-refractivity contribution in [3.8, 4) is 11.1 Å². The van der Waals surface area contributed by atoms with E-state index in [1.807, 2.05) is 0 Å². The van der Waals surface area contributed by atoms with Crippen LogP contribution in [0.15, 0.2) is 36.4 Å². The van der Waals surface area contributed by atoms with Gasteiger partial charge in [-0.05, 0) is 25.0 Å². The first kappa shape index (κ1) is 25.0. The maximum Gasteiger partial charge on any atom is 0.252 e. The molecule has 2 aliphatic heterocycles. The minimum absolute atomic E-state index is 0.0410. The molecule has 2 heterocycles. The van der Waals surface area contributed by atoms with Crippen molar-refractivity contribution in [2.75, 3.05) is 18.9 Å². The molecule has 34 heavy (non-hydrogen) atoms. The molecule has 1 unspecified atom stereocenters. The predicted molar refractivity (Wildman–Crippen MR) is 122 cm³/mol. The van der Waals surface area contributed by atoms with Crippen molar-refractivity contribution < 1.29 is 31.1 Å². The maximum atomic E-state index is 15.5. The van der Waals surface area contributed by atoms with Gasteiger partial charge in [0.25, 0.3) is 5.91 Å². The molecule has 0 bridgehead atoms. The topological polar surface area (TPSA) is 75.7 Å². The van der Waals surface area contributed by atoms with Gasteiger partial charge in [-0.15, -0.1) is 0 Å². The third-order valence-electron chi connectivity index (χ3n) is 6.28. The largest absolute Gasteiger partial charge is 0.368 e. The number of carbonyl (C=O) groups is 1. The van der Waals surface area contributed by atoms with Gasteiger partial charge in [-0.25, -0.2) is 26.3 Å². The van der Waals surface area contributed by atoms with Gasteiger partial charge in [0, 0.05) is 17.5 Å². The van der Waals surface area contributed by atoms with Crippen LogP contribution in [0, 0.1) is 11.6 Å². The summed E-state index contributed by atoms with van der Waals surface area (Å²) in [6, 6.07) is 6.32. The quantitative estimate of drug-likeness (QED) is 0.611. The van der Waals surface area contributed by atoms with Gasteiger partial charge in [-0.3, -0.25) is 4.79 Å². The summed E-state index contributed by atoms with van der Waals surface area (Å²) in [6.07, 6.45) is -2.13. The van der Waals surface area contributed by atoms with E-state index in [1.54, 1.807) is 0 Å². The number of rotatable bonds is 7. The number of nitrogens with one attached hydrogen (secondary N) is 1. The second-order valence-electron chi connectivity index (χ2n) is 8.35. The van der Waals surface area contributed by atoms with Crippen LogP contribution < -0.4 is 4.72 Å². The Morgan fingerprint density at radius 3 is 2.44 bits per heavy atom. The number of ether oxygens (including phenoxy) is 1. The number of sulfonamides is 1. The Labute approximate surface area is 201 Å². The number of halogens is 4. The van der Waals surface area contributed by atoms with E-state index >= 15 is 8.78 Å². The van der Waals surface area contributed by atoms with Crippen molar-refractivity contribution >= 4 is 27.5 Å². The molecule has 2 fully saturated rings. The van der Waals surface area contributed by atoms with E-state index in [9.17, 15) is 17.6 Å². The first-order chi connectivity index (χ1) is 16.1. The third-order valence-corrected chi connectivity index (χ3v) is 7.96. The van der Waals surface area contributed by atoms with Crippen LogP contribution in [0.1, 0.15) is 18.9 Å². The van der Waals surface area contributed by atoms with E-state index in [1.165, 1.54) is 48.2 Å². The highest BCUT2D eigenvalue weighted by atomic mass is 35.5. The normalized spacial score (nSPS) is 24.8. The Hall–Kier alpha value is -2.14. The van der Waals surface area contributed by atoms with Gasteiger partial charge in [-0.2, -0.15) is 0 Å². The summed E-state index contributed by atoms with van der Waals surface area (Å²) in [4.78, 5) is 14.1. The average molecular weight is 517 g/mol. The number of alkyl halides is 1. The summed E-state index contributed by atoms with van der Waals surface area (Å²) < 4.78 is 77.1. The highest BCUT2D eigenvalue weighted by molar-refractivity contribution is 7.89. The molecule has 2 aliphatic rings. The molecule has 0 aliphatic carbocycles. The molecule has 1 N–H and O–H groups in total. The van der Waals surface area contributed by atoms with Gasteiger partial charge in [-0.1, -0.05) is 41.9 Å². The lowest BCUT2D eigenvalue weighted by Crippen LogP contribution is -2.53. The van der Waals surface area contributed by atoms with Crippen molar-refractivity contribution in [2.24, 2.45) is 0 Å². The SMILES string of the molecule is CCS(=O)(=O)N[C@H]1[C@@H](F)CN(C(=O)C2CCO2)[C@H]1Cc1cccc(-c2cccc(Cl)c2F)c1F. The van der Waals surface area contributed by atoms with Gasteiger partial charge >= 0.3 is 0 Å². The number of amides is 1. The summed E-state index contributed by atoms with van der Waals surface area (Å²) in [5.41, 5.74) is 0.00265. The van der Waals surface area contributed by atoms with E-state index in [0.717, 1.165) is 0 Å². The fraction of sp³-hybridized carbons (Fsp3) is 0.435. The Kier molecular flexibility index (Phi) is 7.23. The molecule has 0 saturated carbocycles. The number of hydrogen-bond donors (Lipinski definition) is 1. The van der Waals surface area contributed by atoms with E-state index in [4.69, 9.17) is 16.3 Å². The zero-order chi connectivity index (χ0) is 24.6. The molecule has 0 radical (unpaired) electrons. The van der Waals surface area contributed by atoms with Crippen LogP contribution in [0.4, 0.5) is 13.2 Å². The number of likely N-dealkylation sites (tertiary alicyclic amines) is 1. The zero-order valence-corrected chi connectivity index (χ0v) is 19.9. The van der Waals surface area contributed by atoms with Gasteiger partial charge in [0.1, 0.15) is 23.9 Å². The summed E-state index contributed by atoms with van der Waals surface area (Å²) in [5, 5.41) is -0.162. The van der Waals surface area contributed by atoms with Gasteiger partial charge in [0.2, 0.25) is 10.0 Å². The molecule has 0 aromatic heterocycles. The molecule has 11 heteroatoms. The minimum Gasteiger partial charge on any atom is -0.368 e. The molecule has 2 aromatic rings. The van der Waals surface area contributed by atoms with Crippen LogP contribution in [0.2, 0.25) is 5.02 Å². The van der Waals surface area contributed by atoms with Crippen molar-refractivity contribution in [3.05, 3.63) is 58.6 Å². The second-order valence-corrected chi connectivity index (χ2v) is 10.8. The third kappa shape index (κ3) is 4.82. The van der Waals surface area contributed by atoms with E-state index in [0.29, 0.717) is 13.0 Å². The van der Waals surface area contributed by atoms with Crippen molar-refractivity contribution in [2.45, 2.75) is 44.1 Å². The monoisotopic (exact) mass is 516 g/mol. The number of hydrogen-bond acceptors (Lipinski definition) is 4. The minimum atomic E-state index is -3.81. The van der Waals surface area contributed by atoms with Crippen LogP contribution >= 0.6 is 11.6 Å². The van der Waals surface area contributed by atoms with Gasteiger partial charge < -0.3 is 9.64 Å². The van der Waals surface area contributed by atoms with E-state index in [-0.39, 0.29) is 40.4 Å². The molecule has 2 saturated heterocycles. The molecule has 4 rings (SSSR count). The first-order valence-electron chi connectivity index (χ1n) is 10.9. The number of nitrogens with zero attached hydrogens (tertiary/aromatic N) is 1. The second kappa shape index (κ2) is 9.85. The van der Waals surface area contributed by atoms with Crippen molar-refractivity contribution in [1.82, 2.24) is 9.62 Å². The van der Waals surface area contributed by atoms with Crippen molar-refractivity contribution in [3.63, 3.8) is 0 Å². The Morgan fingerprint density at radius 1 is 1.18 bits per heavy atom. The van der Waals surface area contributed by atoms with Crippen LogP contribution in [-0.4, -0.2) is 62.5 Å². The highest BCUT2D eigenvalue weighted by Crippen LogP contribution is 2.33. The fourth-order valence-electron chi connectivity index (χ4n) is 4.30. The lowest BCUT2D eigenvalue weighted by atomic mass is 9.95. The lowest BCUT2D eigenvalue weighted by Gasteiger charge is -2.34. The van der Waals surface area contributed by atoms with Crippen LogP contribution in [0.5, 0.6) is 0 Å². The predicted octanol–water partition coefficient (Wildman–Crippen LogP) is 3.47. The Bertz CT molecular complexity index is 1190. The summed E-state index contributed by atoms with van der Waals surface area (Å²) in [5.74, 6) is -2.28. The van der Waals surface area contributed by atoms with Crippen LogP contribution in [-0.2, 0) is 26.0 Å². The van der Waals surface area contributed by atoms with Crippen LogP contribution in [0.3, 0.4) is 0 Å². The number of benzene rings is 2. The van der Waals surface area contributed by atoms with Gasteiger partial charge in [0.15, 0.2) is 0 Å². The standard InChI is InChI=1S/C23H24ClF3N2O4S/c1-2-34(31,32)28-22-17(25)12-29(23(30)19-9-10-33-19)18(22)11-13-5-3-6-14(20(13)26)15-7-4-8-16(24)21(15)27/h3-8,17-19,22,28H,2,9-12H2,1H3/t17-,18-,19?,22-/m0/s1. The Morgan fingerprint density at radius 2 is 1.82 bits per heavy atom. The summed E-state index contributed by atoms with van der Waals surface area (Å²) in [7, 11) is -3.81. The molecule has 1 amide bonds. The summed E-state index contributed by atoms with van der Waals surface area (Å²) >= 11 is 5.85. The zero-order valence-electron chi connectivity index (χ0n) is 18.3. The Balaban J connectivity index is 1.70. The molecule has 6 nitrogen and oxygen atoms in total. The fourth-order valence-corrected chi connectivity index (χ4v) is 5.36. The first-order valence-corrected chi connectivity index (χ1v) is 12.9. The van der Waals surface area contributed by atoms with E-state index < -0.39 is 51.9 Å². The molecular weight excluding hydrogens is 493 g/mol. The van der Waals surface area contributed by atoms with Gasteiger partial charge in [0.05, 0.1) is 36.0 Å². The molecule has 2 aromatic carbocycles. The molecular formula is C23H24ClF3N2O4S. The smallest absolute Gasteiger partial charge is 0.252 e. The molecule has 4 atom stereocenters. The van der Waals surface area contributed by atoms with Crippen LogP contribution in [0.25, 0.3) is 11.1 Å². The highest BCUT2D eigenvalue weighted by Gasteiger charge is 2.48. The van der Waals surface area contributed by atoms with Crippen molar-refractivity contribution in [1.29, 1.82) is 0 Å². The molecule has 0 spiro atoms. The van der Waals surface area contributed by atoms with E-state index in [2.05, 4.69) is 4.72 Å². The molecule has 184 valence electrons.